The molecule has 0 fully saturated rings. The van der Waals surface area contributed by atoms with E-state index in [0.29, 0.717) is 17.9 Å². The Balaban J connectivity index is 1.44. The summed E-state index contributed by atoms with van der Waals surface area (Å²) in [4.78, 5) is 23.5. The van der Waals surface area contributed by atoms with E-state index >= 15 is 0 Å². The third-order valence-corrected chi connectivity index (χ3v) is 3.64. The van der Waals surface area contributed by atoms with Gasteiger partial charge in [0.2, 0.25) is 5.88 Å². The molecule has 2 heterocycles. The van der Waals surface area contributed by atoms with Crippen molar-refractivity contribution in [3.8, 4) is 11.3 Å². The molecular formula is C19H18N2O5. The standard InChI is InChI=1S/C19H18N2O5/c1-13-4-6-14(7-5-13)16-11-18(26-21-16)20-17(22)12-25-19(23)9-8-15-3-2-10-24-15/h2-7,10-11H,8-9,12H2,1H3,(H,20,22). The topological polar surface area (TPSA) is 94.6 Å². The fraction of sp³-hybridized carbons (Fsp3) is 0.211. The van der Waals surface area contributed by atoms with E-state index < -0.39 is 18.5 Å². The predicted octanol–water partition coefficient (Wildman–Crippen LogP) is 3.36. The summed E-state index contributed by atoms with van der Waals surface area (Å²) in [5.41, 5.74) is 2.62. The van der Waals surface area contributed by atoms with E-state index in [9.17, 15) is 9.59 Å². The first-order chi connectivity index (χ1) is 12.6. The van der Waals surface area contributed by atoms with Gasteiger partial charge in [-0.3, -0.25) is 14.9 Å². The van der Waals surface area contributed by atoms with E-state index in [0.717, 1.165) is 11.1 Å². The summed E-state index contributed by atoms with van der Waals surface area (Å²) < 4.78 is 15.1. The summed E-state index contributed by atoms with van der Waals surface area (Å²) in [6.07, 6.45) is 2.10. The maximum atomic E-state index is 11.8. The normalized spacial score (nSPS) is 10.5. The number of esters is 1. The van der Waals surface area contributed by atoms with Crippen LogP contribution in [0.3, 0.4) is 0 Å². The molecule has 1 N–H and O–H groups in total. The zero-order chi connectivity index (χ0) is 18.4. The van der Waals surface area contributed by atoms with Crippen LogP contribution in [0.25, 0.3) is 11.3 Å². The van der Waals surface area contributed by atoms with Crippen molar-refractivity contribution < 1.29 is 23.3 Å². The molecule has 0 aliphatic heterocycles. The van der Waals surface area contributed by atoms with Gasteiger partial charge in [-0.15, -0.1) is 0 Å². The molecule has 7 nitrogen and oxygen atoms in total. The van der Waals surface area contributed by atoms with Gasteiger partial charge in [0.1, 0.15) is 11.5 Å². The minimum absolute atomic E-state index is 0.140. The Hall–Kier alpha value is -3.35. The molecule has 0 atom stereocenters. The Bertz CT molecular complexity index is 866. The Kier molecular flexibility index (Phi) is 5.48. The van der Waals surface area contributed by atoms with Crippen molar-refractivity contribution in [2.75, 3.05) is 11.9 Å². The molecule has 0 spiro atoms. The number of nitrogens with one attached hydrogen (secondary N) is 1. The van der Waals surface area contributed by atoms with Gasteiger partial charge in [0.15, 0.2) is 6.61 Å². The summed E-state index contributed by atoms with van der Waals surface area (Å²) in [6.45, 7) is 1.60. The Labute approximate surface area is 149 Å². The van der Waals surface area contributed by atoms with Crippen LogP contribution in [0.1, 0.15) is 17.7 Å². The number of carbonyl (C=O) groups is 2. The quantitative estimate of drug-likeness (QED) is 0.654. The molecule has 3 aromatic rings. The van der Waals surface area contributed by atoms with Crippen LogP contribution < -0.4 is 5.32 Å². The lowest BCUT2D eigenvalue weighted by molar-refractivity contribution is -0.147. The number of hydrogen-bond donors (Lipinski definition) is 1. The number of carbonyl (C=O) groups excluding carboxylic acids is 2. The molecule has 1 aromatic carbocycles. The number of aryl methyl sites for hydroxylation is 2. The monoisotopic (exact) mass is 354 g/mol. The van der Waals surface area contributed by atoms with Crippen LogP contribution in [0.15, 0.2) is 57.7 Å². The zero-order valence-corrected chi connectivity index (χ0v) is 14.2. The smallest absolute Gasteiger partial charge is 0.306 e. The molecule has 7 heteroatoms. The van der Waals surface area contributed by atoms with Crippen LogP contribution in [-0.2, 0) is 20.7 Å². The first-order valence-corrected chi connectivity index (χ1v) is 8.12. The van der Waals surface area contributed by atoms with Gasteiger partial charge in [0.25, 0.3) is 5.91 Å². The van der Waals surface area contributed by atoms with E-state index in [1.807, 2.05) is 31.2 Å². The van der Waals surface area contributed by atoms with Crippen LogP contribution in [0.5, 0.6) is 0 Å². The second-order valence-electron chi connectivity index (χ2n) is 5.73. The number of rotatable bonds is 7. The molecule has 26 heavy (non-hydrogen) atoms. The minimum atomic E-state index is -0.497. The molecule has 0 saturated heterocycles. The average molecular weight is 354 g/mol. The van der Waals surface area contributed by atoms with Gasteiger partial charge in [0.05, 0.1) is 12.7 Å². The Morgan fingerprint density at radius 1 is 1.19 bits per heavy atom. The third kappa shape index (κ3) is 4.83. The van der Waals surface area contributed by atoms with Crippen LogP contribution in [-0.4, -0.2) is 23.6 Å². The number of aromatic nitrogens is 1. The van der Waals surface area contributed by atoms with Gasteiger partial charge in [-0.2, -0.15) is 0 Å². The van der Waals surface area contributed by atoms with Gasteiger partial charge >= 0.3 is 5.97 Å². The summed E-state index contributed by atoms with van der Waals surface area (Å²) in [5, 5.41) is 6.42. The van der Waals surface area contributed by atoms with Crippen molar-refractivity contribution in [2.45, 2.75) is 19.8 Å². The Morgan fingerprint density at radius 2 is 2.00 bits per heavy atom. The highest BCUT2D eigenvalue weighted by Crippen LogP contribution is 2.21. The van der Waals surface area contributed by atoms with Crippen LogP contribution >= 0.6 is 0 Å². The second-order valence-corrected chi connectivity index (χ2v) is 5.73. The summed E-state index contributed by atoms with van der Waals surface area (Å²) in [5.74, 6) is -0.0914. The summed E-state index contributed by atoms with van der Waals surface area (Å²) >= 11 is 0. The number of ether oxygens (including phenoxy) is 1. The molecule has 0 unspecified atom stereocenters. The molecule has 0 saturated carbocycles. The van der Waals surface area contributed by atoms with E-state index in [2.05, 4.69) is 10.5 Å². The highest BCUT2D eigenvalue weighted by Gasteiger charge is 2.12. The van der Waals surface area contributed by atoms with Crippen LogP contribution in [0.2, 0.25) is 0 Å². The second kappa shape index (κ2) is 8.15. The summed E-state index contributed by atoms with van der Waals surface area (Å²) in [7, 11) is 0. The third-order valence-electron chi connectivity index (χ3n) is 3.64. The number of anilines is 1. The van der Waals surface area contributed by atoms with Crippen LogP contribution in [0, 0.1) is 6.92 Å². The van der Waals surface area contributed by atoms with Gasteiger partial charge in [-0.1, -0.05) is 35.0 Å². The molecule has 0 aliphatic carbocycles. The molecule has 134 valence electrons. The molecule has 1 amide bonds. The first kappa shape index (κ1) is 17.5. The minimum Gasteiger partial charge on any atom is -0.469 e. The molecule has 0 bridgehead atoms. The van der Waals surface area contributed by atoms with Crippen molar-refractivity contribution in [1.82, 2.24) is 5.16 Å². The number of furan rings is 1. The number of amides is 1. The van der Waals surface area contributed by atoms with E-state index in [1.54, 1.807) is 18.2 Å². The van der Waals surface area contributed by atoms with Gasteiger partial charge in [-0.25, -0.2) is 0 Å². The lowest BCUT2D eigenvalue weighted by Gasteiger charge is -2.03. The fourth-order valence-electron chi connectivity index (χ4n) is 2.27. The van der Waals surface area contributed by atoms with Crippen molar-refractivity contribution >= 4 is 17.8 Å². The fourth-order valence-corrected chi connectivity index (χ4v) is 2.27. The first-order valence-electron chi connectivity index (χ1n) is 8.12. The lowest BCUT2D eigenvalue weighted by Crippen LogP contribution is -2.20. The summed E-state index contributed by atoms with van der Waals surface area (Å²) in [6, 6.07) is 12.9. The molecular weight excluding hydrogens is 336 g/mol. The van der Waals surface area contributed by atoms with Gasteiger partial charge in [0, 0.05) is 18.1 Å². The highest BCUT2D eigenvalue weighted by molar-refractivity contribution is 5.92. The van der Waals surface area contributed by atoms with Crippen LogP contribution in [0.4, 0.5) is 5.88 Å². The number of hydrogen-bond acceptors (Lipinski definition) is 6. The molecule has 2 aromatic heterocycles. The van der Waals surface area contributed by atoms with E-state index in [4.69, 9.17) is 13.7 Å². The average Bonchev–Trinajstić information content (AvgIpc) is 3.31. The molecule has 0 radical (unpaired) electrons. The van der Waals surface area contributed by atoms with Crippen molar-refractivity contribution in [1.29, 1.82) is 0 Å². The molecule has 0 aliphatic rings. The number of nitrogens with zero attached hydrogens (tertiary/aromatic N) is 1. The predicted molar refractivity (Wildman–Crippen MR) is 93.3 cm³/mol. The number of benzene rings is 1. The highest BCUT2D eigenvalue weighted by atomic mass is 16.5. The van der Waals surface area contributed by atoms with Gasteiger partial charge < -0.3 is 13.7 Å². The zero-order valence-electron chi connectivity index (χ0n) is 14.2. The maximum absolute atomic E-state index is 11.8. The lowest BCUT2D eigenvalue weighted by atomic mass is 10.1. The SMILES string of the molecule is Cc1ccc(-c2cc(NC(=O)COC(=O)CCc3ccco3)on2)cc1. The Morgan fingerprint density at radius 3 is 2.73 bits per heavy atom. The van der Waals surface area contributed by atoms with E-state index in [-0.39, 0.29) is 12.3 Å². The maximum Gasteiger partial charge on any atom is 0.306 e. The van der Waals surface area contributed by atoms with Crippen molar-refractivity contribution in [2.24, 2.45) is 0 Å². The van der Waals surface area contributed by atoms with E-state index in [1.165, 1.54) is 6.26 Å². The van der Waals surface area contributed by atoms with Gasteiger partial charge in [-0.05, 0) is 19.1 Å². The largest absolute Gasteiger partial charge is 0.469 e. The van der Waals surface area contributed by atoms with Crippen molar-refractivity contribution in [3.05, 3.63) is 60.1 Å². The van der Waals surface area contributed by atoms with Crippen molar-refractivity contribution in [3.63, 3.8) is 0 Å². The molecule has 3 rings (SSSR count).